The summed E-state index contributed by atoms with van der Waals surface area (Å²) in [6, 6.07) is 8.70. The molecule has 0 N–H and O–H groups in total. The fourth-order valence-corrected chi connectivity index (χ4v) is 5.82. The number of halogens is 5. The van der Waals surface area contributed by atoms with Crippen LogP contribution in [-0.2, 0) is 37.3 Å². The van der Waals surface area contributed by atoms with E-state index in [-0.39, 0.29) is 37.0 Å². The summed E-state index contributed by atoms with van der Waals surface area (Å²) in [7, 11) is -1.73. The fraction of sp³-hybridized carbons (Fsp3) is 0.581. The largest absolute Gasteiger partial charge is 0.493 e. The summed E-state index contributed by atoms with van der Waals surface area (Å²) < 4.78 is 85.5. The van der Waals surface area contributed by atoms with Crippen molar-refractivity contribution < 1.29 is 40.6 Å². The maximum Gasteiger partial charge on any atom is 0.419 e. The molecular formula is C31H41ClF4NO5P. The normalized spacial score (nSPS) is 17.7. The van der Waals surface area contributed by atoms with E-state index in [2.05, 4.69) is 4.99 Å². The number of nitrogens with zero attached hydrogens (tertiary/aromatic N) is 1. The molecule has 0 fully saturated rings. The molecule has 2 aromatic rings. The molecule has 1 unspecified atom stereocenters. The van der Waals surface area contributed by atoms with Gasteiger partial charge in [0.1, 0.15) is 23.7 Å². The lowest BCUT2D eigenvalue weighted by Crippen LogP contribution is -2.35. The molecule has 2 aromatic carbocycles. The molecule has 0 amide bonds. The summed E-state index contributed by atoms with van der Waals surface area (Å²) in [5, 5.41) is 0.00370. The Morgan fingerprint density at radius 2 is 1.67 bits per heavy atom. The van der Waals surface area contributed by atoms with Crippen molar-refractivity contribution in [2.24, 2.45) is 4.99 Å². The van der Waals surface area contributed by atoms with Crippen LogP contribution in [0.4, 0.5) is 17.6 Å². The summed E-state index contributed by atoms with van der Waals surface area (Å²) in [5.41, 5.74) is -1.85. The Labute approximate surface area is 258 Å². The highest BCUT2D eigenvalue weighted by atomic mass is 35.5. The summed E-state index contributed by atoms with van der Waals surface area (Å²) in [6.07, 6.45) is -3.36. The maximum atomic E-state index is 14.1. The Bertz CT molecular complexity index is 1250. The molecule has 1 aliphatic heterocycles. The van der Waals surface area contributed by atoms with Crippen molar-refractivity contribution in [1.29, 1.82) is 0 Å². The summed E-state index contributed by atoms with van der Waals surface area (Å²) in [4.78, 5) is 4.66. The first-order chi connectivity index (χ1) is 19.9. The molecule has 0 spiro atoms. The topological polar surface area (TPSA) is 58.5 Å². The number of rotatable bonds is 13. The lowest BCUT2D eigenvalue weighted by atomic mass is 9.93. The number of hydrogen-bond acceptors (Lipinski definition) is 6. The molecule has 0 radical (unpaired) electrons. The highest BCUT2D eigenvalue weighted by Gasteiger charge is 2.39. The molecular weight excluding hydrogens is 609 g/mol. The van der Waals surface area contributed by atoms with Gasteiger partial charge in [-0.25, -0.2) is 9.38 Å². The van der Waals surface area contributed by atoms with E-state index < -0.39 is 42.9 Å². The zero-order chi connectivity index (χ0) is 32.1. The van der Waals surface area contributed by atoms with E-state index in [1.54, 1.807) is 25.1 Å². The zero-order valence-electron chi connectivity index (χ0n) is 25.7. The van der Waals surface area contributed by atoms with E-state index in [4.69, 9.17) is 34.6 Å². The van der Waals surface area contributed by atoms with Gasteiger partial charge in [0.2, 0.25) is 0 Å². The SMILES string of the molecule is CC1=NC(CCc2ccc(OCCCc3cccc(Cl)c3F)c(C(F)(F)F)c2)(COP(OC(C)(C)C)OC(C)(C)C)CO1. The molecule has 6 nitrogen and oxygen atoms in total. The van der Waals surface area contributed by atoms with Gasteiger partial charge in [0.15, 0.2) is 5.90 Å². The third-order valence-corrected chi connectivity index (χ3v) is 8.21. The highest BCUT2D eigenvalue weighted by molar-refractivity contribution is 7.41. The van der Waals surface area contributed by atoms with E-state index in [1.807, 2.05) is 41.5 Å². The average molecular weight is 650 g/mol. The van der Waals surface area contributed by atoms with Crippen molar-refractivity contribution in [1.82, 2.24) is 0 Å². The van der Waals surface area contributed by atoms with Gasteiger partial charge < -0.3 is 23.0 Å². The molecule has 1 aliphatic rings. The highest BCUT2D eigenvalue weighted by Crippen LogP contribution is 2.48. The Kier molecular flexibility index (Phi) is 11.9. The second kappa shape index (κ2) is 14.4. The van der Waals surface area contributed by atoms with Crippen LogP contribution in [0.3, 0.4) is 0 Å². The summed E-state index contributed by atoms with van der Waals surface area (Å²) >= 11 is 5.81. The van der Waals surface area contributed by atoms with Crippen molar-refractivity contribution >= 4 is 26.1 Å². The predicted molar refractivity (Wildman–Crippen MR) is 161 cm³/mol. The Balaban J connectivity index is 1.68. The van der Waals surface area contributed by atoms with Crippen LogP contribution in [0.25, 0.3) is 0 Å². The van der Waals surface area contributed by atoms with E-state index in [9.17, 15) is 17.6 Å². The van der Waals surface area contributed by atoms with E-state index in [0.29, 0.717) is 36.3 Å². The van der Waals surface area contributed by atoms with Gasteiger partial charge in [-0.1, -0.05) is 29.8 Å². The van der Waals surface area contributed by atoms with Crippen LogP contribution < -0.4 is 4.74 Å². The third-order valence-electron chi connectivity index (χ3n) is 6.19. The minimum atomic E-state index is -4.62. The van der Waals surface area contributed by atoms with Crippen LogP contribution >= 0.6 is 20.2 Å². The predicted octanol–water partition coefficient (Wildman–Crippen LogP) is 9.50. The quantitative estimate of drug-likeness (QED) is 0.123. The summed E-state index contributed by atoms with van der Waals surface area (Å²) in [6.45, 7) is 13.5. The van der Waals surface area contributed by atoms with Crippen LogP contribution in [0.5, 0.6) is 5.75 Å². The smallest absolute Gasteiger partial charge is 0.419 e. The molecule has 0 aliphatic carbocycles. The van der Waals surface area contributed by atoms with Crippen LogP contribution in [0.15, 0.2) is 41.4 Å². The van der Waals surface area contributed by atoms with Gasteiger partial charge in [0, 0.05) is 6.92 Å². The second-order valence-electron chi connectivity index (χ2n) is 12.5. The standard InChI is InChI=1S/C31H41ClF4NO5P/c1-21-37-30(19-39-21,20-40-43(41-28(2,3)4)42-29(5,6)7)16-15-22-13-14-26(24(18-22)31(34,35)36)38-17-9-11-23-10-8-12-25(32)27(23)33/h8,10,12-14,18H,9,11,15-17,19-20H2,1-7H3. The van der Waals surface area contributed by atoms with Gasteiger partial charge in [-0.3, -0.25) is 0 Å². The minimum absolute atomic E-state index is 0.00370. The minimum Gasteiger partial charge on any atom is -0.493 e. The number of aryl methyl sites for hydroxylation is 2. The zero-order valence-corrected chi connectivity index (χ0v) is 27.4. The van der Waals surface area contributed by atoms with Crippen molar-refractivity contribution in [2.75, 3.05) is 19.8 Å². The first-order valence-electron chi connectivity index (χ1n) is 14.1. The van der Waals surface area contributed by atoms with Crippen LogP contribution in [0.1, 0.15) is 78.0 Å². The summed E-state index contributed by atoms with van der Waals surface area (Å²) in [5.74, 6) is -0.318. The molecule has 0 aromatic heterocycles. The first-order valence-corrected chi connectivity index (χ1v) is 15.6. The van der Waals surface area contributed by atoms with Crippen molar-refractivity contribution in [3.63, 3.8) is 0 Å². The first kappa shape index (κ1) is 35.5. The van der Waals surface area contributed by atoms with Gasteiger partial charge in [0.05, 0.1) is 35.0 Å². The number of hydrogen-bond donors (Lipinski definition) is 0. The van der Waals surface area contributed by atoms with Gasteiger partial charge in [-0.05, 0) is 96.6 Å². The van der Waals surface area contributed by atoms with E-state index in [1.165, 1.54) is 12.1 Å². The van der Waals surface area contributed by atoms with E-state index >= 15 is 0 Å². The lowest BCUT2D eigenvalue weighted by Gasteiger charge is -2.32. The van der Waals surface area contributed by atoms with Gasteiger partial charge >= 0.3 is 14.8 Å². The molecule has 0 saturated carbocycles. The van der Waals surface area contributed by atoms with Crippen LogP contribution in [0, 0.1) is 5.82 Å². The molecule has 1 heterocycles. The van der Waals surface area contributed by atoms with Crippen LogP contribution in [-0.4, -0.2) is 42.5 Å². The second-order valence-corrected chi connectivity index (χ2v) is 14.0. The molecule has 0 saturated heterocycles. The monoisotopic (exact) mass is 649 g/mol. The molecule has 1 atom stereocenters. The average Bonchev–Trinajstić information content (AvgIpc) is 3.25. The van der Waals surface area contributed by atoms with Crippen LogP contribution in [0.2, 0.25) is 5.02 Å². The molecule has 12 heteroatoms. The van der Waals surface area contributed by atoms with Gasteiger partial charge in [-0.2, -0.15) is 13.2 Å². The molecule has 240 valence electrons. The number of benzene rings is 2. The number of alkyl halides is 3. The van der Waals surface area contributed by atoms with Crippen molar-refractivity contribution in [2.45, 2.75) is 97.1 Å². The number of ether oxygens (including phenoxy) is 2. The number of aliphatic imine (C=N–C) groups is 1. The van der Waals surface area contributed by atoms with Crippen molar-refractivity contribution in [3.05, 3.63) is 63.9 Å². The molecule has 43 heavy (non-hydrogen) atoms. The van der Waals surface area contributed by atoms with Gasteiger partial charge in [-0.15, -0.1) is 0 Å². The lowest BCUT2D eigenvalue weighted by molar-refractivity contribution is -0.139. The van der Waals surface area contributed by atoms with E-state index in [0.717, 1.165) is 6.07 Å². The Morgan fingerprint density at radius 1 is 1.00 bits per heavy atom. The molecule has 3 rings (SSSR count). The molecule has 0 bridgehead atoms. The Hall–Kier alpha value is -1.97. The van der Waals surface area contributed by atoms with Gasteiger partial charge in [0.25, 0.3) is 0 Å². The fourth-order valence-electron chi connectivity index (χ4n) is 4.25. The van der Waals surface area contributed by atoms with Crippen molar-refractivity contribution in [3.8, 4) is 5.75 Å². The maximum absolute atomic E-state index is 14.1. The third kappa shape index (κ3) is 11.5. The Morgan fingerprint density at radius 3 is 2.26 bits per heavy atom.